The highest BCUT2D eigenvalue weighted by Gasteiger charge is 2.21. The van der Waals surface area contributed by atoms with Crippen LogP contribution in [0, 0.1) is 0 Å². The predicted octanol–water partition coefficient (Wildman–Crippen LogP) is 3.44. The lowest BCUT2D eigenvalue weighted by Gasteiger charge is -2.30. The van der Waals surface area contributed by atoms with Crippen molar-refractivity contribution in [3.05, 3.63) is 34.3 Å². The van der Waals surface area contributed by atoms with E-state index in [1.165, 1.54) is 5.56 Å². The van der Waals surface area contributed by atoms with Crippen LogP contribution in [0.1, 0.15) is 31.2 Å². The molecule has 0 saturated heterocycles. The van der Waals surface area contributed by atoms with Gasteiger partial charge >= 0.3 is 0 Å². The molecule has 1 aliphatic carbocycles. The fraction of sp³-hybridized carbons (Fsp3) is 0.533. The highest BCUT2D eigenvalue weighted by molar-refractivity contribution is 9.10. The molecule has 0 radical (unpaired) electrons. The first kappa shape index (κ1) is 13.8. The Morgan fingerprint density at radius 2 is 2.06 bits per heavy atom. The van der Waals surface area contributed by atoms with Crippen LogP contribution in [-0.4, -0.2) is 30.3 Å². The fourth-order valence-electron chi connectivity index (χ4n) is 2.55. The quantitative estimate of drug-likeness (QED) is 0.849. The normalized spacial score (nSPS) is 17.4. The number of hydrogen-bond acceptors (Lipinski definition) is 2. The van der Waals surface area contributed by atoms with Crippen molar-refractivity contribution in [3.8, 4) is 0 Å². The maximum absolute atomic E-state index is 11.2. The van der Waals surface area contributed by atoms with Crippen molar-refractivity contribution in [1.82, 2.24) is 4.90 Å². The van der Waals surface area contributed by atoms with Crippen molar-refractivity contribution in [2.75, 3.05) is 13.6 Å². The summed E-state index contributed by atoms with van der Waals surface area (Å²) in [5.74, 6) is 0.437. The number of ketones is 1. The summed E-state index contributed by atoms with van der Waals surface area (Å²) in [5, 5.41) is 0. The molecule has 1 aromatic carbocycles. The molecule has 2 nitrogen and oxygen atoms in total. The zero-order chi connectivity index (χ0) is 13.0. The van der Waals surface area contributed by atoms with E-state index in [1.807, 2.05) is 0 Å². The maximum Gasteiger partial charge on any atom is 0.133 e. The molecule has 0 atom stereocenters. The van der Waals surface area contributed by atoms with Crippen molar-refractivity contribution in [2.24, 2.45) is 0 Å². The molecule has 98 valence electrons. The lowest BCUT2D eigenvalue weighted by Crippen LogP contribution is -2.36. The zero-order valence-corrected chi connectivity index (χ0v) is 12.4. The highest BCUT2D eigenvalue weighted by Crippen LogP contribution is 2.20. The van der Waals surface area contributed by atoms with Gasteiger partial charge in [-0.15, -0.1) is 0 Å². The third-order valence-corrected chi connectivity index (χ3v) is 4.27. The van der Waals surface area contributed by atoms with Gasteiger partial charge in [0.1, 0.15) is 5.78 Å². The van der Waals surface area contributed by atoms with Crippen molar-refractivity contribution in [1.29, 1.82) is 0 Å². The minimum absolute atomic E-state index is 0.437. The minimum Gasteiger partial charge on any atom is -0.303 e. The van der Waals surface area contributed by atoms with Crippen LogP contribution in [0.2, 0.25) is 0 Å². The standard InChI is InChI=1S/C15H20BrNO/c1-17(14-5-7-15(18)8-6-14)10-9-12-3-2-4-13(16)11-12/h2-4,11,14H,5-10H2,1H3. The maximum atomic E-state index is 11.2. The summed E-state index contributed by atoms with van der Waals surface area (Å²) in [7, 11) is 2.18. The van der Waals surface area contributed by atoms with E-state index in [0.29, 0.717) is 11.8 Å². The van der Waals surface area contributed by atoms with Crippen molar-refractivity contribution in [3.63, 3.8) is 0 Å². The number of Topliss-reactive ketones (excluding diaryl/α,β-unsaturated/α-hetero) is 1. The molecule has 0 heterocycles. The van der Waals surface area contributed by atoms with Crippen LogP contribution in [0.4, 0.5) is 0 Å². The SMILES string of the molecule is CN(CCc1cccc(Br)c1)C1CCC(=O)CC1. The molecule has 0 amide bonds. The van der Waals surface area contributed by atoms with Crippen molar-refractivity contribution in [2.45, 2.75) is 38.1 Å². The Morgan fingerprint density at radius 1 is 1.33 bits per heavy atom. The molecular weight excluding hydrogens is 290 g/mol. The molecule has 0 bridgehead atoms. The average molecular weight is 310 g/mol. The van der Waals surface area contributed by atoms with Crippen molar-refractivity contribution >= 4 is 21.7 Å². The van der Waals surface area contributed by atoms with Gasteiger partial charge in [-0.25, -0.2) is 0 Å². The van der Waals surface area contributed by atoms with Crippen LogP contribution in [-0.2, 0) is 11.2 Å². The molecular formula is C15H20BrNO. The van der Waals surface area contributed by atoms with E-state index in [1.54, 1.807) is 0 Å². The summed E-state index contributed by atoms with van der Waals surface area (Å²) in [6, 6.07) is 9.08. The molecule has 0 spiro atoms. The van der Waals surface area contributed by atoms with E-state index < -0.39 is 0 Å². The number of carbonyl (C=O) groups is 1. The van der Waals surface area contributed by atoms with Gasteiger partial charge in [0.25, 0.3) is 0 Å². The largest absolute Gasteiger partial charge is 0.303 e. The smallest absolute Gasteiger partial charge is 0.133 e. The Balaban J connectivity index is 1.81. The predicted molar refractivity (Wildman–Crippen MR) is 77.7 cm³/mol. The van der Waals surface area contributed by atoms with Crippen LogP contribution in [0.25, 0.3) is 0 Å². The fourth-order valence-corrected chi connectivity index (χ4v) is 2.99. The van der Waals surface area contributed by atoms with E-state index >= 15 is 0 Å². The summed E-state index contributed by atoms with van der Waals surface area (Å²) < 4.78 is 1.14. The van der Waals surface area contributed by atoms with Gasteiger partial charge < -0.3 is 4.90 Å². The molecule has 0 unspecified atom stereocenters. The number of hydrogen-bond donors (Lipinski definition) is 0. The van der Waals surface area contributed by atoms with E-state index in [2.05, 4.69) is 52.1 Å². The van der Waals surface area contributed by atoms with Gasteiger partial charge in [-0.1, -0.05) is 28.1 Å². The zero-order valence-electron chi connectivity index (χ0n) is 10.9. The summed E-state index contributed by atoms with van der Waals surface area (Å²) in [6.45, 7) is 1.06. The summed E-state index contributed by atoms with van der Waals surface area (Å²) in [4.78, 5) is 13.6. The molecule has 1 aliphatic rings. The summed E-state index contributed by atoms with van der Waals surface area (Å²) >= 11 is 3.50. The van der Waals surface area contributed by atoms with Crippen LogP contribution in [0.5, 0.6) is 0 Å². The molecule has 1 saturated carbocycles. The Kier molecular flexibility index (Phi) is 4.95. The first-order chi connectivity index (χ1) is 8.65. The summed E-state index contributed by atoms with van der Waals surface area (Å²) in [6.07, 6.45) is 4.68. The third kappa shape index (κ3) is 3.92. The number of rotatable bonds is 4. The first-order valence-corrected chi connectivity index (χ1v) is 7.41. The van der Waals surface area contributed by atoms with Crippen LogP contribution in [0.15, 0.2) is 28.7 Å². The van der Waals surface area contributed by atoms with Gasteiger partial charge in [-0.3, -0.25) is 4.79 Å². The number of benzene rings is 1. The van der Waals surface area contributed by atoms with Gasteiger partial charge in [0.15, 0.2) is 0 Å². The lowest BCUT2D eigenvalue weighted by molar-refractivity contribution is -0.121. The van der Waals surface area contributed by atoms with Gasteiger partial charge in [-0.05, 0) is 44.0 Å². The Labute approximate surface area is 117 Å². The molecule has 0 N–H and O–H groups in total. The number of likely N-dealkylation sites (N-methyl/N-ethyl adjacent to an activating group) is 1. The molecule has 2 rings (SSSR count). The molecule has 18 heavy (non-hydrogen) atoms. The lowest BCUT2D eigenvalue weighted by atomic mass is 9.93. The van der Waals surface area contributed by atoms with Gasteiger partial charge in [-0.2, -0.15) is 0 Å². The summed E-state index contributed by atoms with van der Waals surface area (Å²) in [5.41, 5.74) is 1.36. The Hall–Kier alpha value is -0.670. The third-order valence-electron chi connectivity index (χ3n) is 3.78. The minimum atomic E-state index is 0.437. The monoisotopic (exact) mass is 309 g/mol. The van der Waals surface area contributed by atoms with Crippen LogP contribution in [0.3, 0.4) is 0 Å². The number of carbonyl (C=O) groups excluding carboxylic acids is 1. The van der Waals surface area contributed by atoms with Gasteiger partial charge in [0.05, 0.1) is 0 Å². The number of halogens is 1. The second-order valence-corrected chi connectivity index (χ2v) is 6.05. The molecule has 0 aromatic heterocycles. The van der Waals surface area contributed by atoms with E-state index in [4.69, 9.17) is 0 Å². The molecule has 0 aliphatic heterocycles. The van der Waals surface area contributed by atoms with E-state index in [-0.39, 0.29) is 0 Å². The topological polar surface area (TPSA) is 20.3 Å². The average Bonchev–Trinajstić information content (AvgIpc) is 2.37. The second kappa shape index (κ2) is 6.48. The Bertz CT molecular complexity index is 409. The first-order valence-electron chi connectivity index (χ1n) is 6.61. The van der Waals surface area contributed by atoms with Gasteiger partial charge in [0.2, 0.25) is 0 Å². The molecule has 1 aromatic rings. The van der Waals surface area contributed by atoms with Crippen LogP contribution < -0.4 is 0 Å². The van der Waals surface area contributed by atoms with Crippen molar-refractivity contribution < 1.29 is 4.79 Å². The number of nitrogens with zero attached hydrogens (tertiary/aromatic N) is 1. The van der Waals surface area contributed by atoms with E-state index in [0.717, 1.165) is 43.1 Å². The highest BCUT2D eigenvalue weighted by atomic mass is 79.9. The van der Waals surface area contributed by atoms with Gasteiger partial charge in [0, 0.05) is 29.9 Å². The molecule has 3 heteroatoms. The van der Waals surface area contributed by atoms with E-state index in [9.17, 15) is 4.79 Å². The van der Waals surface area contributed by atoms with Crippen LogP contribution >= 0.6 is 15.9 Å². The Morgan fingerprint density at radius 3 is 2.72 bits per heavy atom. The second-order valence-electron chi connectivity index (χ2n) is 5.13. The molecule has 1 fully saturated rings.